The zero-order valence-corrected chi connectivity index (χ0v) is 17.6. The third kappa shape index (κ3) is 4.70. The van der Waals surface area contributed by atoms with Crippen molar-refractivity contribution in [3.8, 4) is 17.6 Å². The number of hydrogen-bond acceptors (Lipinski definition) is 8. The highest BCUT2D eigenvalue weighted by Crippen LogP contribution is 2.25. The molecule has 3 rings (SSSR count). The van der Waals surface area contributed by atoms with E-state index in [2.05, 4.69) is 21.3 Å². The Kier molecular flexibility index (Phi) is 7.99. The summed E-state index contributed by atoms with van der Waals surface area (Å²) in [6, 6.07) is 5.80. The second-order valence-electron chi connectivity index (χ2n) is 7.07. The fourth-order valence-corrected chi connectivity index (χ4v) is 3.79. The van der Waals surface area contributed by atoms with Crippen LogP contribution < -0.4 is 31.1 Å². The molecule has 8 nitrogen and oxygen atoms in total. The average Bonchev–Trinajstić information content (AvgIpc) is 2.99. The molecule has 1 aromatic carbocycles. The minimum atomic E-state index is -0.903. The number of methoxy groups -OCH3 is 2. The lowest BCUT2D eigenvalue weighted by molar-refractivity contribution is -0.121. The molecule has 2 atom stereocenters. The van der Waals surface area contributed by atoms with E-state index in [1.807, 2.05) is 18.2 Å². The van der Waals surface area contributed by atoms with Crippen LogP contribution in [0.1, 0.15) is 12.8 Å². The van der Waals surface area contributed by atoms with E-state index in [-0.39, 0.29) is 24.2 Å². The monoisotopic (exact) mass is 421 g/mol. The number of fused-ring (bicyclic) bond motifs is 1. The molecule has 158 valence electrons. The van der Waals surface area contributed by atoms with Crippen molar-refractivity contribution in [1.82, 2.24) is 10.2 Å². The number of halogens is 1. The van der Waals surface area contributed by atoms with Crippen molar-refractivity contribution in [1.29, 1.82) is 5.26 Å². The highest BCUT2D eigenvalue weighted by atomic mass is 35.5. The number of carbonyl (C=O) groups excluding carboxylic acids is 1. The van der Waals surface area contributed by atoms with E-state index >= 15 is 0 Å². The topological polar surface area (TPSA) is 113 Å². The molecule has 0 aliphatic carbocycles. The second-order valence-corrected chi connectivity index (χ2v) is 7.07. The SMILES string of the molecule is COc1cc2c(cc1OC)=NCC(C#N)(N1CCCNC(C(=O)CCN)C1)C=2.Cl. The molecule has 9 heteroatoms. The first-order chi connectivity index (χ1) is 13.6. The molecule has 2 aliphatic rings. The molecular formula is C20H28ClN5O3. The van der Waals surface area contributed by atoms with E-state index in [1.165, 1.54) is 0 Å². The van der Waals surface area contributed by atoms with Crippen molar-refractivity contribution in [2.75, 3.05) is 46.9 Å². The number of ketones is 1. The minimum absolute atomic E-state index is 0. The second kappa shape index (κ2) is 10.0. The molecule has 0 radical (unpaired) electrons. The number of nitrogens with two attached hydrogens (primary N) is 1. The van der Waals surface area contributed by atoms with Gasteiger partial charge in [-0.2, -0.15) is 5.26 Å². The Morgan fingerprint density at radius 3 is 2.79 bits per heavy atom. The van der Waals surface area contributed by atoms with Gasteiger partial charge in [0.25, 0.3) is 0 Å². The van der Waals surface area contributed by atoms with Crippen LogP contribution in [0.15, 0.2) is 17.1 Å². The molecule has 2 heterocycles. The highest BCUT2D eigenvalue weighted by Gasteiger charge is 2.39. The average molecular weight is 422 g/mol. The van der Waals surface area contributed by atoms with Gasteiger partial charge < -0.3 is 20.5 Å². The number of hydrogen-bond donors (Lipinski definition) is 2. The molecule has 29 heavy (non-hydrogen) atoms. The quantitative estimate of drug-likeness (QED) is 0.629. The summed E-state index contributed by atoms with van der Waals surface area (Å²) >= 11 is 0. The van der Waals surface area contributed by atoms with Crippen molar-refractivity contribution in [2.45, 2.75) is 24.4 Å². The summed E-state index contributed by atoms with van der Waals surface area (Å²) in [5.41, 5.74) is 4.65. The fraction of sp³-hybridized carbons (Fsp3) is 0.550. The lowest BCUT2D eigenvalue weighted by Crippen LogP contribution is -2.56. The van der Waals surface area contributed by atoms with Crippen LogP contribution in [0, 0.1) is 11.3 Å². The molecule has 0 amide bonds. The van der Waals surface area contributed by atoms with Crippen LogP contribution in [-0.2, 0) is 4.79 Å². The van der Waals surface area contributed by atoms with Crippen LogP contribution in [0.4, 0.5) is 0 Å². The number of Topliss-reactive ketones (excluding diaryl/α,β-unsaturated/α-hetero) is 1. The molecule has 1 fully saturated rings. The Bertz CT molecular complexity index is 901. The van der Waals surface area contributed by atoms with Crippen molar-refractivity contribution in [2.24, 2.45) is 10.7 Å². The fourth-order valence-electron chi connectivity index (χ4n) is 3.79. The van der Waals surface area contributed by atoms with Gasteiger partial charge in [0.15, 0.2) is 17.3 Å². The lowest BCUT2D eigenvalue weighted by atomic mass is 9.93. The summed E-state index contributed by atoms with van der Waals surface area (Å²) in [4.78, 5) is 19.1. The molecule has 2 unspecified atom stereocenters. The minimum Gasteiger partial charge on any atom is -0.493 e. The summed E-state index contributed by atoms with van der Waals surface area (Å²) in [6.07, 6.45) is 3.12. The Labute approximate surface area is 176 Å². The number of carbonyl (C=O) groups is 1. The normalized spacial score (nSPS) is 23.9. The van der Waals surface area contributed by atoms with Crippen LogP contribution in [0.2, 0.25) is 0 Å². The lowest BCUT2D eigenvalue weighted by Gasteiger charge is -2.37. The maximum Gasteiger partial charge on any atom is 0.162 e. The molecule has 1 saturated heterocycles. The predicted octanol–water partition coefficient (Wildman–Crippen LogP) is -0.617. The molecule has 0 bridgehead atoms. The van der Waals surface area contributed by atoms with Gasteiger partial charge in [0, 0.05) is 30.8 Å². The van der Waals surface area contributed by atoms with Crippen molar-refractivity contribution >= 4 is 24.3 Å². The molecular weight excluding hydrogens is 394 g/mol. The van der Waals surface area contributed by atoms with Crippen LogP contribution >= 0.6 is 12.4 Å². The van der Waals surface area contributed by atoms with E-state index in [1.54, 1.807) is 14.2 Å². The molecule has 0 saturated carbocycles. The van der Waals surface area contributed by atoms with Gasteiger partial charge in [0.1, 0.15) is 5.54 Å². The highest BCUT2D eigenvalue weighted by molar-refractivity contribution is 5.85. The van der Waals surface area contributed by atoms with E-state index in [4.69, 9.17) is 15.2 Å². The van der Waals surface area contributed by atoms with E-state index < -0.39 is 5.54 Å². The first-order valence-electron chi connectivity index (χ1n) is 9.48. The van der Waals surface area contributed by atoms with Gasteiger partial charge in [0.2, 0.25) is 0 Å². The van der Waals surface area contributed by atoms with E-state index in [0.717, 1.165) is 23.5 Å². The van der Waals surface area contributed by atoms with E-state index in [9.17, 15) is 10.1 Å². The van der Waals surface area contributed by atoms with Gasteiger partial charge in [-0.1, -0.05) is 0 Å². The van der Waals surface area contributed by atoms with Crippen LogP contribution in [0.25, 0.3) is 6.08 Å². The van der Waals surface area contributed by atoms with Crippen LogP contribution in [0.3, 0.4) is 0 Å². The maximum absolute atomic E-state index is 12.4. The molecule has 3 N–H and O–H groups in total. The summed E-state index contributed by atoms with van der Waals surface area (Å²) in [5, 5.41) is 15.0. The number of nitrogens with zero attached hydrogens (tertiary/aromatic N) is 3. The number of nitriles is 1. The maximum atomic E-state index is 12.4. The number of ether oxygens (including phenoxy) is 2. The Morgan fingerprint density at radius 1 is 1.41 bits per heavy atom. The number of rotatable bonds is 6. The molecule has 1 aromatic rings. The van der Waals surface area contributed by atoms with Crippen LogP contribution in [-0.4, -0.2) is 69.2 Å². The van der Waals surface area contributed by atoms with Crippen molar-refractivity contribution in [3.05, 3.63) is 22.7 Å². The summed E-state index contributed by atoms with van der Waals surface area (Å²) in [7, 11) is 3.16. The largest absolute Gasteiger partial charge is 0.493 e. The predicted molar refractivity (Wildman–Crippen MR) is 112 cm³/mol. The molecule has 0 aromatic heterocycles. The van der Waals surface area contributed by atoms with Gasteiger partial charge in [0.05, 0.1) is 38.2 Å². The zero-order valence-electron chi connectivity index (χ0n) is 16.8. The third-order valence-corrected chi connectivity index (χ3v) is 5.35. The van der Waals surface area contributed by atoms with Gasteiger partial charge in [-0.3, -0.25) is 14.7 Å². The van der Waals surface area contributed by atoms with E-state index in [0.29, 0.717) is 44.1 Å². The standard InChI is InChI=1S/C20H27N5O3.ClH/c1-27-18-8-14-10-20(12-22,13-24-15(14)9-19(18)28-2)25-7-3-6-23-16(11-25)17(26)4-5-21;/h8-10,16,23H,3-7,11,13,21H2,1-2H3;1H. The van der Waals surface area contributed by atoms with Gasteiger partial charge >= 0.3 is 0 Å². The molecule has 0 spiro atoms. The number of benzene rings is 1. The van der Waals surface area contributed by atoms with Crippen molar-refractivity contribution < 1.29 is 14.3 Å². The van der Waals surface area contributed by atoms with Gasteiger partial charge in [-0.05, 0) is 31.7 Å². The first kappa shape index (κ1) is 23.1. The van der Waals surface area contributed by atoms with Gasteiger partial charge in [-0.15, -0.1) is 12.4 Å². The number of nitrogens with one attached hydrogen (secondary N) is 1. The first-order valence-corrected chi connectivity index (χ1v) is 9.48. The summed E-state index contributed by atoms with van der Waals surface area (Å²) < 4.78 is 10.7. The Morgan fingerprint density at radius 2 is 2.14 bits per heavy atom. The zero-order chi connectivity index (χ0) is 20.1. The smallest absolute Gasteiger partial charge is 0.162 e. The summed E-state index contributed by atoms with van der Waals surface area (Å²) in [5.74, 6) is 1.28. The van der Waals surface area contributed by atoms with Crippen molar-refractivity contribution in [3.63, 3.8) is 0 Å². The van der Waals surface area contributed by atoms with Crippen LogP contribution in [0.5, 0.6) is 11.5 Å². The summed E-state index contributed by atoms with van der Waals surface area (Å²) in [6.45, 7) is 2.54. The third-order valence-electron chi connectivity index (χ3n) is 5.35. The Hall–Kier alpha value is -2.18. The molecule has 2 aliphatic heterocycles. The Balaban J connectivity index is 0.00000300. The van der Waals surface area contributed by atoms with Gasteiger partial charge in [-0.25, -0.2) is 0 Å².